The van der Waals surface area contributed by atoms with Crippen LogP contribution >= 0.6 is 0 Å². The summed E-state index contributed by atoms with van der Waals surface area (Å²) in [6.45, 7) is 0. The summed E-state index contributed by atoms with van der Waals surface area (Å²) in [6.07, 6.45) is 1.37. The second-order valence-electron chi connectivity index (χ2n) is 4.29. The lowest BCUT2D eigenvalue weighted by atomic mass is 10.2. The maximum atomic E-state index is 11.5. The summed E-state index contributed by atoms with van der Waals surface area (Å²) in [4.78, 5) is 44.8. The third kappa shape index (κ3) is 4.19. The van der Waals surface area contributed by atoms with Gasteiger partial charge in [0.2, 0.25) is 11.8 Å². The Hall–Kier alpha value is -1.63. The molecule has 2 atom stereocenters. The quantitative estimate of drug-likeness (QED) is 0.543. The molecule has 1 radical (unpaired) electrons. The first kappa shape index (κ1) is 16.4. The Bertz CT molecular complexity index is 390. The molecule has 2 unspecified atom stereocenters. The van der Waals surface area contributed by atoms with Gasteiger partial charge in [-0.3, -0.25) is 19.2 Å². The molecule has 0 aromatic carbocycles. The van der Waals surface area contributed by atoms with Gasteiger partial charge in [0.1, 0.15) is 12.1 Å². The second kappa shape index (κ2) is 7.23. The van der Waals surface area contributed by atoms with Crippen LogP contribution in [-0.2, 0) is 26.8 Å². The van der Waals surface area contributed by atoms with E-state index in [1.807, 2.05) is 0 Å². The molecule has 2 heterocycles. The zero-order chi connectivity index (χ0) is 13.8. The summed E-state index contributed by atoms with van der Waals surface area (Å²) in [5.41, 5.74) is 0. The molecule has 9 nitrogen and oxygen atoms in total. The molecule has 4 N–H and O–H groups in total. The maximum absolute atomic E-state index is 11.5. The Morgan fingerprint density at radius 1 is 0.950 bits per heavy atom. The average molecular weight is 301 g/mol. The van der Waals surface area contributed by atoms with E-state index < -0.39 is 39.9 Å². The van der Waals surface area contributed by atoms with E-state index in [4.69, 9.17) is 7.58 Å². The molecule has 20 heavy (non-hydrogen) atoms. The Balaban J connectivity index is 0.00000200. The first-order valence-electron chi connectivity index (χ1n) is 5.87. The minimum atomic E-state index is -1.28. The fourth-order valence-corrected chi connectivity index (χ4v) is 2.43. The summed E-state index contributed by atoms with van der Waals surface area (Å²) >= 11 is -1.28. The standard InChI is InChI=1S/2C5H7NO3.Al.H2O/c2*7-4-2-1-3(6-4)5(8)9;;/h2*3H,1-2H2,(H,6,7)(H,8,9);;1H2/q;;+2;/p-2. The number of carbonyl (C=O) groups excluding carboxylic acids is 4. The average Bonchev–Trinajstić information content (AvgIpc) is 2.98. The highest BCUT2D eigenvalue weighted by Gasteiger charge is 2.32. The fourth-order valence-electron chi connectivity index (χ4n) is 1.86. The van der Waals surface area contributed by atoms with Crippen LogP contribution in [0.4, 0.5) is 0 Å². The van der Waals surface area contributed by atoms with Crippen LogP contribution in [0, 0.1) is 0 Å². The molecule has 2 aliphatic heterocycles. The van der Waals surface area contributed by atoms with Crippen LogP contribution in [0.5, 0.6) is 0 Å². The molecule has 0 aromatic rings. The smallest absolute Gasteiger partial charge is 0.588 e. The summed E-state index contributed by atoms with van der Waals surface area (Å²) in [6, 6.07) is -1.30. The van der Waals surface area contributed by atoms with Gasteiger partial charge in [-0.2, -0.15) is 0 Å². The molecule has 0 aliphatic carbocycles. The van der Waals surface area contributed by atoms with Crippen LogP contribution in [0.1, 0.15) is 25.7 Å². The van der Waals surface area contributed by atoms with Crippen molar-refractivity contribution in [2.75, 3.05) is 0 Å². The van der Waals surface area contributed by atoms with Crippen molar-refractivity contribution in [3.63, 3.8) is 0 Å². The van der Waals surface area contributed by atoms with Gasteiger partial charge in [0.05, 0.1) is 0 Å². The molecule has 0 bridgehead atoms. The summed E-state index contributed by atoms with van der Waals surface area (Å²) in [7, 11) is 0. The largest absolute Gasteiger partial charge is 0.885 e. The first-order chi connectivity index (χ1) is 9.06. The minimum Gasteiger partial charge on any atom is -0.588 e. The van der Waals surface area contributed by atoms with Crippen molar-refractivity contribution < 1.29 is 32.2 Å². The third-order valence-corrected chi connectivity index (χ3v) is 3.55. The molecule has 0 spiro atoms. The zero-order valence-electron chi connectivity index (χ0n) is 10.5. The lowest BCUT2D eigenvalue weighted by Crippen LogP contribution is -2.38. The van der Waals surface area contributed by atoms with Gasteiger partial charge in [-0.05, 0) is 12.8 Å². The molecule has 2 amide bonds. The lowest BCUT2D eigenvalue weighted by Gasteiger charge is -2.12. The monoisotopic (exact) mass is 301 g/mol. The fraction of sp³-hybridized carbons (Fsp3) is 0.600. The molecule has 0 aromatic heterocycles. The Morgan fingerprint density at radius 2 is 1.35 bits per heavy atom. The summed E-state index contributed by atoms with van der Waals surface area (Å²) in [5, 5.41) is 4.91. The number of rotatable bonds is 4. The van der Waals surface area contributed by atoms with Crippen LogP contribution in [0.15, 0.2) is 0 Å². The predicted molar refractivity (Wildman–Crippen MR) is 63.9 cm³/mol. The predicted octanol–water partition coefficient (Wildman–Crippen LogP) is -2.66. The van der Waals surface area contributed by atoms with Crippen molar-refractivity contribution in [2.24, 2.45) is 0 Å². The van der Waals surface area contributed by atoms with Crippen LogP contribution < -0.4 is 10.6 Å². The van der Waals surface area contributed by atoms with Gasteiger partial charge in [-0.1, -0.05) is 0 Å². The lowest BCUT2D eigenvalue weighted by molar-refractivity contribution is -0.142. The maximum Gasteiger partial charge on any atom is 0.885 e. The van der Waals surface area contributed by atoms with Gasteiger partial charge in [0.25, 0.3) is 11.9 Å². The van der Waals surface area contributed by atoms with Crippen LogP contribution in [0.25, 0.3) is 0 Å². The zero-order valence-corrected chi connectivity index (χ0v) is 11.7. The van der Waals surface area contributed by atoms with Gasteiger partial charge in [0, 0.05) is 12.8 Å². The molecular formula is C10H14AlN2O7. The van der Waals surface area contributed by atoms with Gasteiger partial charge < -0.3 is 23.7 Å². The van der Waals surface area contributed by atoms with Gasteiger partial charge in [-0.15, -0.1) is 0 Å². The van der Waals surface area contributed by atoms with Crippen molar-refractivity contribution in [2.45, 2.75) is 37.8 Å². The van der Waals surface area contributed by atoms with Crippen LogP contribution in [0.2, 0.25) is 0 Å². The van der Waals surface area contributed by atoms with Crippen molar-refractivity contribution in [3.05, 3.63) is 0 Å². The van der Waals surface area contributed by atoms with Crippen LogP contribution in [0.3, 0.4) is 0 Å². The Morgan fingerprint density at radius 3 is 1.65 bits per heavy atom. The first-order valence-corrected chi connectivity index (χ1v) is 6.82. The highest BCUT2D eigenvalue weighted by atomic mass is 27.2. The molecule has 2 aliphatic rings. The van der Waals surface area contributed by atoms with Gasteiger partial charge >= 0.3 is 15.9 Å². The molecule has 2 saturated heterocycles. The molecular weight excluding hydrogens is 287 g/mol. The minimum absolute atomic E-state index is 0. The van der Waals surface area contributed by atoms with Crippen LogP contribution in [-0.4, -0.2) is 57.2 Å². The van der Waals surface area contributed by atoms with E-state index in [-0.39, 0.29) is 17.3 Å². The Labute approximate surface area is 121 Å². The van der Waals surface area contributed by atoms with E-state index in [0.29, 0.717) is 25.7 Å². The number of hydrogen-bond acceptors (Lipinski definition) is 6. The molecule has 109 valence electrons. The number of amides is 2. The third-order valence-electron chi connectivity index (χ3n) is 2.89. The number of nitrogens with one attached hydrogen (secondary N) is 2. The van der Waals surface area contributed by atoms with Crippen molar-refractivity contribution >= 4 is 39.6 Å². The van der Waals surface area contributed by atoms with E-state index in [0.717, 1.165) is 0 Å². The second-order valence-corrected chi connectivity index (χ2v) is 4.95. The van der Waals surface area contributed by atoms with E-state index >= 15 is 0 Å². The normalized spacial score (nSPS) is 24.2. The molecule has 2 rings (SSSR count). The van der Waals surface area contributed by atoms with E-state index in [2.05, 4.69) is 10.6 Å². The molecule has 10 heteroatoms. The van der Waals surface area contributed by atoms with E-state index in [1.165, 1.54) is 0 Å². The summed E-state index contributed by atoms with van der Waals surface area (Å²) < 4.78 is 9.61. The highest BCUT2D eigenvalue weighted by molar-refractivity contribution is 6.26. The molecule has 2 fully saturated rings. The van der Waals surface area contributed by atoms with Crippen molar-refractivity contribution in [3.8, 4) is 0 Å². The van der Waals surface area contributed by atoms with Crippen molar-refractivity contribution in [1.29, 1.82) is 0 Å². The highest BCUT2D eigenvalue weighted by Crippen LogP contribution is 2.09. The van der Waals surface area contributed by atoms with E-state index in [1.54, 1.807) is 0 Å². The van der Waals surface area contributed by atoms with Gasteiger partial charge in [0.15, 0.2) is 0 Å². The number of carbonyl (C=O) groups is 4. The summed E-state index contributed by atoms with van der Waals surface area (Å²) in [5.74, 6) is -1.57. The topological polar surface area (TPSA) is 142 Å². The van der Waals surface area contributed by atoms with Crippen molar-refractivity contribution in [1.82, 2.24) is 10.6 Å². The Kier molecular flexibility index (Phi) is 5.94. The van der Waals surface area contributed by atoms with Gasteiger partial charge in [-0.25, -0.2) is 0 Å². The molecule has 0 saturated carbocycles. The number of hydrogen-bond donors (Lipinski definition) is 2. The SMILES string of the molecule is O.O=C1CCC(C(=O)[O][Al][O]C(=O)C2CCC(=O)N2)N1. The van der Waals surface area contributed by atoms with E-state index in [9.17, 15) is 19.2 Å².